The molecule has 1 fully saturated rings. The summed E-state index contributed by atoms with van der Waals surface area (Å²) in [6, 6.07) is 9.10. The van der Waals surface area contributed by atoms with Crippen LogP contribution in [0.4, 0.5) is 0 Å². The molecule has 0 amide bonds. The quantitative estimate of drug-likeness (QED) is 0.792. The molecule has 1 atom stereocenters. The minimum atomic E-state index is -0.759. The third-order valence-electron chi connectivity index (χ3n) is 3.43. The van der Waals surface area contributed by atoms with Crippen molar-refractivity contribution in [1.82, 2.24) is 0 Å². The Morgan fingerprint density at radius 1 is 1.33 bits per heavy atom. The SMILES string of the molecule is NC(c1ccccc1)C1(C(=O)O)CCC1. The Bertz CT molecular complexity index is 357. The van der Waals surface area contributed by atoms with Gasteiger partial charge in [0.05, 0.1) is 5.41 Å². The van der Waals surface area contributed by atoms with Gasteiger partial charge in [-0.25, -0.2) is 0 Å². The average molecular weight is 205 g/mol. The standard InChI is InChI=1S/C12H15NO2/c13-10(9-5-2-1-3-6-9)12(11(14)15)7-4-8-12/h1-3,5-6,10H,4,7-8,13H2,(H,14,15). The molecule has 3 heteroatoms. The molecule has 0 bridgehead atoms. The molecule has 0 radical (unpaired) electrons. The highest BCUT2D eigenvalue weighted by Gasteiger charge is 2.49. The van der Waals surface area contributed by atoms with Crippen molar-refractivity contribution in [3.05, 3.63) is 35.9 Å². The fraction of sp³-hybridized carbons (Fsp3) is 0.417. The van der Waals surface area contributed by atoms with E-state index in [1.165, 1.54) is 0 Å². The van der Waals surface area contributed by atoms with Gasteiger partial charge in [-0.15, -0.1) is 0 Å². The molecule has 0 aromatic heterocycles. The van der Waals surface area contributed by atoms with Crippen molar-refractivity contribution in [2.24, 2.45) is 11.1 Å². The fourth-order valence-electron chi connectivity index (χ4n) is 2.19. The van der Waals surface area contributed by atoms with Crippen LogP contribution in [-0.2, 0) is 4.79 Å². The molecule has 1 aliphatic rings. The lowest BCUT2D eigenvalue weighted by Crippen LogP contribution is -2.46. The zero-order chi connectivity index (χ0) is 10.9. The number of nitrogens with two attached hydrogens (primary N) is 1. The number of hydrogen-bond acceptors (Lipinski definition) is 2. The highest BCUT2D eigenvalue weighted by Crippen LogP contribution is 2.49. The largest absolute Gasteiger partial charge is 0.481 e. The maximum Gasteiger partial charge on any atom is 0.311 e. The normalized spacial score (nSPS) is 20.3. The van der Waals surface area contributed by atoms with Gasteiger partial charge in [-0.3, -0.25) is 4.79 Å². The maximum absolute atomic E-state index is 11.2. The van der Waals surface area contributed by atoms with Gasteiger partial charge in [0.2, 0.25) is 0 Å². The first-order valence-corrected chi connectivity index (χ1v) is 5.21. The molecule has 1 aromatic rings. The second-order valence-electron chi connectivity index (χ2n) is 4.20. The Kier molecular flexibility index (Phi) is 2.49. The van der Waals surface area contributed by atoms with Crippen molar-refractivity contribution in [3.63, 3.8) is 0 Å². The number of rotatable bonds is 3. The fourth-order valence-corrected chi connectivity index (χ4v) is 2.19. The minimum absolute atomic E-state index is 0.384. The van der Waals surface area contributed by atoms with Gasteiger partial charge in [-0.1, -0.05) is 36.8 Å². The van der Waals surface area contributed by atoms with E-state index in [0.29, 0.717) is 12.8 Å². The molecule has 3 nitrogen and oxygen atoms in total. The van der Waals surface area contributed by atoms with Crippen LogP contribution in [0.2, 0.25) is 0 Å². The molecule has 1 aromatic carbocycles. The van der Waals surface area contributed by atoms with Crippen LogP contribution in [0.1, 0.15) is 30.9 Å². The van der Waals surface area contributed by atoms with Crippen LogP contribution in [0.15, 0.2) is 30.3 Å². The Labute approximate surface area is 88.9 Å². The number of carboxylic acid groups (broad SMARTS) is 1. The molecular weight excluding hydrogens is 190 g/mol. The summed E-state index contributed by atoms with van der Waals surface area (Å²) >= 11 is 0. The van der Waals surface area contributed by atoms with Crippen molar-refractivity contribution in [2.45, 2.75) is 25.3 Å². The third-order valence-corrected chi connectivity index (χ3v) is 3.43. The summed E-state index contributed by atoms with van der Waals surface area (Å²) in [5.41, 5.74) is 6.25. The van der Waals surface area contributed by atoms with Crippen LogP contribution in [0.5, 0.6) is 0 Å². The molecule has 0 heterocycles. The van der Waals surface area contributed by atoms with E-state index in [0.717, 1.165) is 12.0 Å². The first-order chi connectivity index (χ1) is 7.17. The Morgan fingerprint density at radius 2 is 1.93 bits per heavy atom. The molecule has 1 aliphatic carbocycles. The molecular formula is C12H15NO2. The van der Waals surface area contributed by atoms with Gasteiger partial charge in [-0.2, -0.15) is 0 Å². The molecule has 0 aliphatic heterocycles. The van der Waals surface area contributed by atoms with E-state index in [1.54, 1.807) is 0 Å². The van der Waals surface area contributed by atoms with Crippen molar-refractivity contribution in [3.8, 4) is 0 Å². The monoisotopic (exact) mass is 205 g/mol. The number of carbonyl (C=O) groups is 1. The highest BCUT2D eigenvalue weighted by atomic mass is 16.4. The van der Waals surface area contributed by atoms with Gasteiger partial charge in [-0.05, 0) is 18.4 Å². The molecule has 1 saturated carbocycles. The van der Waals surface area contributed by atoms with E-state index in [9.17, 15) is 9.90 Å². The lowest BCUT2D eigenvalue weighted by Gasteiger charge is -2.42. The summed E-state index contributed by atoms with van der Waals surface area (Å²) in [6.07, 6.45) is 2.35. The predicted molar refractivity (Wildman–Crippen MR) is 57.3 cm³/mol. The molecule has 2 rings (SSSR count). The van der Waals surface area contributed by atoms with Crippen LogP contribution < -0.4 is 5.73 Å². The molecule has 15 heavy (non-hydrogen) atoms. The molecule has 80 valence electrons. The summed E-state index contributed by atoms with van der Waals surface area (Å²) in [5, 5.41) is 9.24. The van der Waals surface area contributed by atoms with Crippen LogP contribution in [-0.4, -0.2) is 11.1 Å². The van der Waals surface area contributed by atoms with Crippen molar-refractivity contribution in [1.29, 1.82) is 0 Å². The summed E-state index contributed by atoms with van der Waals surface area (Å²) in [6.45, 7) is 0. The van der Waals surface area contributed by atoms with Crippen LogP contribution >= 0.6 is 0 Å². The minimum Gasteiger partial charge on any atom is -0.481 e. The van der Waals surface area contributed by atoms with Crippen LogP contribution in [0.3, 0.4) is 0 Å². The van der Waals surface area contributed by atoms with E-state index < -0.39 is 11.4 Å². The number of benzene rings is 1. The van der Waals surface area contributed by atoms with E-state index >= 15 is 0 Å². The lowest BCUT2D eigenvalue weighted by atomic mass is 9.62. The number of carboxylic acids is 1. The predicted octanol–water partition coefficient (Wildman–Crippen LogP) is 1.94. The Morgan fingerprint density at radius 3 is 2.33 bits per heavy atom. The zero-order valence-electron chi connectivity index (χ0n) is 8.52. The first-order valence-electron chi connectivity index (χ1n) is 5.21. The molecule has 0 saturated heterocycles. The zero-order valence-corrected chi connectivity index (χ0v) is 8.52. The summed E-state index contributed by atoms with van der Waals surface area (Å²) in [4.78, 5) is 11.2. The van der Waals surface area contributed by atoms with Crippen LogP contribution in [0, 0.1) is 5.41 Å². The summed E-state index contributed by atoms with van der Waals surface area (Å²) < 4.78 is 0. The molecule has 1 unspecified atom stereocenters. The lowest BCUT2D eigenvalue weighted by molar-refractivity contribution is -0.156. The van der Waals surface area contributed by atoms with E-state index in [4.69, 9.17) is 5.73 Å². The third kappa shape index (κ3) is 1.53. The van der Waals surface area contributed by atoms with Gasteiger partial charge in [0.15, 0.2) is 0 Å². The summed E-state index contributed by atoms with van der Waals surface area (Å²) in [7, 11) is 0. The van der Waals surface area contributed by atoms with Crippen molar-refractivity contribution < 1.29 is 9.90 Å². The number of hydrogen-bond donors (Lipinski definition) is 2. The summed E-state index contributed by atoms with van der Waals surface area (Å²) in [5.74, 6) is -0.759. The van der Waals surface area contributed by atoms with Gasteiger partial charge in [0.25, 0.3) is 0 Å². The first kappa shape index (κ1) is 10.2. The topological polar surface area (TPSA) is 63.3 Å². The number of aliphatic carboxylic acids is 1. The Hall–Kier alpha value is -1.35. The Balaban J connectivity index is 2.27. The van der Waals surface area contributed by atoms with Gasteiger partial charge in [0, 0.05) is 6.04 Å². The molecule has 0 spiro atoms. The smallest absolute Gasteiger partial charge is 0.311 e. The van der Waals surface area contributed by atoms with Gasteiger partial charge < -0.3 is 10.8 Å². The van der Waals surface area contributed by atoms with Crippen molar-refractivity contribution in [2.75, 3.05) is 0 Å². The van der Waals surface area contributed by atoms with Gasteiger partial charge >= 0.3 is 5.97 Å². The van der Waals surface area contributed by atoms with E-state index in [1.807, 2.05) is 30.3 Å². The molecule has 3 N–H and O–H groups in total. The average Bonchev–Trinajstić information content (AvgIpc) is 2.16. The maximum atomic E-state index is 11.2. The second-order valence-corrected chi connectivity index (χ2v) is 4.20. The van der Waals surface area contributed by atoms with E-state index in [2.05, 4.69) is 0 Å². The van der Waals surface area contributed by atoms with Crippen molar-refractivity contribution >= 4 is 5.97 Å². The van der Waals surface area contributed by atoms with E-state index in [-0.39, 0.29) is 6.04 Å². The van der Waals surface area contributed by atoms with Crippen LogP contribution in [0.25, 0.3) is 0 Å². The highest BCUT2D eigenvalue weighted by molar-refractivity contribution is 5.77. The second kappa shape index (κ2) is 3.66. The van der Waals surface area contributed by atoms with Gasteiger partial charge in [0.1, 0.15) is 0 Å².